The van der Waals surface area contributed by atoms with E-state index in [-0.39, 0.29) is 23.8 Å². The molecule has 2 aliphatic rings. The van der Waals surface area contributed by atoms with Crippen molar-refractivity contribution in [1.29, 1.82) is 0 Å². The molecular formula is C17H19N5O3. The van der Waals surface area contributed by atoms with Crippen molar-refractivity contribution in [2.24, 2.45) is 5.92 Å². The van der Waals surface area contributed by atoms with Crippen LogP contribution >= 0.6 is 0 Å². The number of aromatic nitrogens is 3. The van der Waals surface area contributed by atoms with Crippen LogP contribution in [0.25, 0.3) is 5.69 Å². The maximum atomic E-state index is 13.0. The summed E-state index contributed by atoms with van der Waals surface area (Å²) in [4.78, 5) is 29.0. The van der Waals surface area contributed by atoms with Crippen molar-refractivity contribution in [2.45, 2.75) is 6.04 Å². The smallest absolute Gasteiger partial charge is 0.254 e. The van der Waals surface area contributed by atoms with Gasteiger partial charge >= 0.3 is 0 Å². The zero-order valence-electron chi connectivity index (χ0n) is 13.9. The first-order chi connectivity index (χ1) is 12.1. The van der Waals surface area contributed by atoms with Crippen LogP contribution in [0.3, 0.4) is 0 Å². The van der Waals surface area contributed by atoms with Gasteiger partial charge in [-0.2, -0.15) is 0 Å². The van der Waals surface area contributed by atoms with Gasteiger partial charge in [-0.25, -0.2) is 0 Å². The Morgan fingerprint density at radius 1 is 1.20 bits per heavy atom. The van der Waals surface area contributed by atoms with Gasteiger partial charge in [0, 0.05) is 31.4 Å². The van der Waals surface area contributed by atoms with Crippen molar-refractivity contribution in [3.63, 3.8) is 0 Å². The Bertz CT molecular complexity index is 791. The van der Waals surface area contributed by atoms with Crippen LogP contribution in [0, 0.1) is 5.92 Å². The summed E-state index contributed by atoms with van der Waals surface area (Å²) in [6, 6.07) is 7.22. The molecule has 3 heterocycles. The van der Waals surface area contributed by atoms with Crippen molar-refractivity contribution in [3.05, 3.63) is 42.5 Å². The molecule has 1 aromatic heterocycles. The lowest BCUT2D eigenvalue weighted by Crippen LogP contribution is -2.45. The monoisotopic (exact) mass is 341 g/mol. The molecular weight excluding hydrogens is 322 g/mol. The normalized spacial score (nSPS) is 23.5. The summed E-state index contributed by atoms with van der Waals surface area (Å²) in [5, 5.41) is 7.58. The van der Waals surface area contributed by atoms with Crippen LogP contribution in [0.5, 0.6) is 0 Å². The molecule has 0 N–H and O–H groups in total. The van der Waals surface area contributed by atoms with Gasteiger partial charge in [0.1, 0.15) is 12.7 Å². The quantitative estimate of drug-likeness (QED) is 0.779. The zero-order chi connectivity index (χ0) is 17.4. The summed E-state index contributed by atoms with van der Waals surface area (Å²) in [7, 11) is 1.79. The molecule has 130 valence electrons. The Morgan fingerprint density at radius 3 is 2.80 bits per heavy atom. The lowest BCUT2D eigenvalue weighted by molar-refractivity contribution is -0.133. The summed E-state index contributed by atoms with van der Waals surface area (Å²) < 4.78 is 7.34. The van der Waals surface area contributed by atoms with Crippen molar-refractivity contribution < 1.29 is 14.3 Å². The van der Waals surface area contributed by atoms with Crippen molar-refractivity contribution >= 4 is 11.8 Å². The van der Waals surface area contributed by atoms with Gasteiger partial charge in [0.25, 0.3) is 5.91 Å². The average Bonchev–Trinajstić information content (AvgIpc) is 3.08. The van der Waals surface area contributed by atoms with Crippen LogP contribution in [0.1, 0.15) is 10.4 Å². The molecule has 0 aliphatic carbocycles. The lowest BCUT2D eigenvalue weighted by Gasteiger charge is -2.29. The summed E-state index contributed by atoms with van der Waals surface area (Å²) in [5.74, 6) is -0.326. The van der Waals surface area contributed by atoms with Crippen molar-refractivity contribution in [2.75, 3.05) is 33.4 Å². The Hall–Kier alpha value is -2.74. The number of ether oxygens (including phenoxy) is 1. The second kappa shape index (κ2) is 6.29. The van der Waals surface area contributed by atoms with Gasteiger partial charge < -0.3 is 14.5 Å². The minimum atomic E-state index is -0.303. The molecule has 2 atom stereocenters. The standard InChI is InChI=1S/C17H19N5O3/c1-20-15-7-21(6-13(16(20)23)8-25-9-15)17(24)12-3-2-4-14(5-12)22-10-18-19-11-22/h2-5,10-11,13,15H,6-9H2,1H3/t13-,15+/m1/s1. The number of amides is 2. The van der Waals surface area contributed by atoms with Gasteiger partial charge in [-0.05, 0) is 18.2 Å². The SMILES string of the molecule is CN1C(=O)[C@H]2COC[C@@H]1CN(C(=O)c1cccc(-n3cnnc3)c1)C2. The number of likely N-dealkylation sites (N-methyl/N-ethyl adjacent to an activating group) is 1. The van der Waals surface area contributed by atoms with Gasteiger partial charge in [0.2, 0.25) is 5.91 Å². The molecule has 2 saturated heterocycles. The minimum absolute atomic E-state index is 0.0519. The number of hydrogen-bond acceptors (Lipinski definition) is 5. The third-order valence-electron chi connectivity index (χ3n) is 4.84. The molecule has 0 saturated carbocycles. The summed E-state index contributed by atoms with van der Waals surface area (Å²) in [6.45, 7) is 1.69. The van der Waals surface area contributed by atoms with Crippen LogP contribution in [-0.2, 0) is 9.53 Å². The van der Waals surface area contributed by atoms with Gasteiger partial charge in [-0.3, -0.25) is 14.2 Å². The number of carbonyl (C=O) groups excluding carboxylic acids is 2. The first-order valence-corrected chi connectivity index (χ1v) is 8.22. The fourth-order valence-corrected chi connectivity index (χ4v) is 3.38. The molecule has 4 rings (SSSR count). The van der Waals surface area contributed by atoms with E-state index in [1.807, 2.05) is 18.2 Å². The van der Waals surface area contributed by atoms with Gasteiger partial charge in [-0.15, -0.1) is 10.2 Å². The molecule has 2 amide bonds. The van der Waals surface area contributed by atoms with Gasteiger partial charge in [0.15, 0.2) is 0 Å². The highest BCUT2D eigenvalue weighted by Crippen LogP contribution is 2.22. The molecule has 0 radical (unpaired) electrons. The predicted molar refractivity (Wildman–Crippen MR) is 88.1 cm³/mol. The first-order valence-electron chi connectivity index (χ1n) is 8.22. The second-order valence-electron chi connectivity index (χ2n) is 6.47. The van der Waals surface area contributed by atoms with Crippen molar-refractivity contribution in [3.8, 4) is 5.69 Å². The number of rotatable bonds is 2. The molecule has 1 aromatic carbocycles. The van der Waals surface area contributed by atoms with E-state index in [0.29, 0.717) is 31.9 Å². The molecule has 2 bridgehead atoms. The number of nitrogens with zero attached hydrogens (tertiary/aromatic N) is 5. The summed E-state index contributed by atoms with van der Waals surface area (Å²) >= 11 is 0. The Labute approximate surface area is 145 Å². The Balaban J connectivity index is 1.61. The minimum Gasteiger partial charge on any atom is -0.378 e. The topological polar surface area (TPSA) is 80.6 Å². The van der Waals surface area contributed by atoms with Gasteiger partial charge in [0.05, 0.1) is 25.2 Å². The first kappa shape index (κ1) is 15.8. The maximum absolute atomic E-state index is 13.0. The lowest BCUT2D eigenvalue weighted by atomic mass is 10.1. The number of carbonyl (C=O) groups is 2. The van der Waals surface area contributed by atoms with Crippen LogP contribution in [-0.4, -0.2) is 75.8 Å². The van der Waals surface area contributed by atoms with Gasteiger partial charge in [-0.1, -0.05) is 6.07 Å². The van der Waals surface area contributed by atoms with E-state index in [1.165, 1.54) is 0 Å². The largest absolute Gasteiger partial charge is 0.378 e. The molecule has 25 heavy (non-hydrogen) atoms. The second-order valence-corrected chi connectivity index (χ2v) is 6.47. The van der Waals surface area contributed by atoms with E-state index >= 15 is 0 Å². The van der Waals surface area contributed by atoms with Crippen LogP contribution in [0.15, 0.2) is 36.9 Å². The highest BCUT2D eigenvalue weighted by Gasteiger charge is 2.38. The van der Waals surface area contributed by atoms with E-state index in [0.717, 1.165) is 5.69 Å². The fraction of sp³-hybridized carbons (Fsp3) is 0.412. The van der Waals surface area contributed by atoms with Crippen molar-refractivity contribution in [1.82, 2.24) is 24.6 Å². The Morgan fingerprint density at radius 2 is 2.00 bits per heavy atom. The van der Waals surface area contributed by atoms with E-state index in [9.17, 15) is 9.59 Å². The molecule has 2 aromatic rings. The molecule has 8 nitrogen and oxygen atoms in total. The predicted octanol–water partition coefficient (Wildman–Crippen LogP) is 0.196. The van der Waals surface area contributed by atoms with Crippen LogP contribution in [0.4, 0.5) is 0 Å². The third-order valence-corrected chi connectivity index (χ3v) is 4.84. The maximum Gasteiger partial charge on any atom is 0.254 e. The number of fused-ring (bicyclic) bond motifs is 3. The van der Waals surface area contributed by atoms with E-state index < -0.39 is 0 Å². The zero-order valence-corrected chi connectivity index (χ0v) is 13.9. The molecule has 8 heteroatoms. The molecule has 2 fully saturated rings. The number of hydrogen-bond donors (Lipinski definition) is 0. The Kier molecular flexibility index (Phi) is 3.96. The fourth-order valence-electron chi connectivity index (χ4n) is 3.38. The molecule has 2 aliphatic heterocycles. The molecule has 0 spiro atoms. The highest BCUT2D eigenvalue weighted by molar-refractivity contribution is 5.95. The summed E-state index contributed by atoms with van der Waals surface area (Å²) in [6.07, 6.45) is 3.18. The highest BCUT2D eigenvalue weighted by atomic mass is 16.5. The van der Waals surface area contributed by atoms with Crippen LogP contribution < -0.4 is 0 Å². The van der Waals surface area contributed by atoms with Crippen LogP contribution in [0.2, 0.25) is 0 Å². The summed E-state index contributed by atoms with van der Waals surface area (Å²) in [5.41, 5.74) is 1.41. The average molecular weight is 341 g/mol. The molecule has 0 unspecified atom stereocenters. The third kappa shape index (κ3) is 2.89. The van der Waals surface area contributed by atoms with E-state index in [4.69, 9.17) is 4.74 Å². The van der Waals surface area contributed by atoms with E-state index in [1.54, 1.807) is 40.1 Å². The van der Waals surface area contributed by atoms with E-state index in [2.05, 4.69) is 10.2 Å². The number of benzene rings is 1.